The highest BCUT2D eigenvalue weighted by Gasteiger charge is 2.10. The number of hydrogen-bond acceptors (Lipinski definition) is 4. The first-order chi connectivity index (χ1) is 10.0. The fourth-order valence-corrected chi connectivity index (χ4v) is 2.06. The molecule has 2 N–H and O–H groups in total. The molecule has 1 aromatic rings. The lowest BCUT2D eigenvalue weighted by Crippen LogP contribution is -2.38. The van der Waals surface area contributed by atoms with Crippen LogP contribution in [0.5, 0.6) is 5.75 Å². The predicted molar refractivity (Wildman–Crippen MR) is 81.7 cm³/mol. The summed E-state index contributed by atoms with van der Waals surface area (Å²) in [6, 6.07) is 9.58. The molecule has 1 aromatic carbocycles. The van der Waals surface area contributed by atoms with E-state index in [1.807, 2.05) is 29.2 Å². The fraction of sp³-hybridized carbons (Fsp3) is 0.500. The summed E-state index contributed by atoms with van der Waals surface area (Å²) in [6.07, 6.45) is 0.404. The first-order valence-electron chi connectivity index (χ1n) is 7.10. The average molecular weight is 289 g/mol. The molecule has 0 aliphatic heterocycles. The van der Waals surface area contributed by atoms with Gasteiger partial charge in [0.1, 0.15) is 12.4 Å². The molecule has 0 aliphatic carbocycles. The molecule has 21 heavy (non-hydrogen) atoms. The smallest absolute Gasteiger partial charge is 0.231 e. The number of nitrogens with zero attached hydrogens (tertiary/aromatic N) is 2. The molecule has 114 valence electrons. The normalized spacial score (nSPS) is 10.6. The summed E-state index contributed by atoms with van der Waals surface area (Å²) in [5.41, 5.74) is 6.22. The Hall–Kier alpha value is -2.06. The number of rotatable bonds is 9. The number of primary amides is 1. The maximum atomic E-state index is 11.0. The molecule has 0 unspecified atom stereocenters. The molecule has 0 spiro atoms. The standard InChI is InChI=1S/C16H23N3O2/c1-13(2)11-19(12-16(18)20)9-10-21-15-5-3-14(4-6-15)7-8-17/h3-6,13H,7,9-12H2,1-2H3,(H2,18,20). The summed E-state index contributed by atoms with van der Waals surface area (Å²) in [5, 5.41) is 8.61. The van der Waals surface area contributed by atoms with Crippen molar-refractivity contribution >= 4 is 5.91 Å². The maximum Gasteiger partial charge on any atom is 0.231 e. The van der Waals surface area contributed by atoms with E-state index in [0.717, 1.165) is 17.9 Å². The third-order valence-corrected chi connectivity index (χ3v) is 2.89. The van der Waals surface area contributed by atoms with Crippen molar-refractivity contribution in [3.63, 3.8) is 0 Å². The van der Waals surface area contributed by atoms with Crippen molar-refractivity contribution in [3.05, 3.63) is 29.8 Å². The Morgan fingerprint density at radius 1 is 1.38 bits per heavy atom. The van der Waals surface area contributed by atoms with Crippen LogP contribution in [0, 0.1) is 17.2 Å². The number of benzene rings is 1. The SMILES string of the molecule is CC(C)CN(CCOc1ccc(CC#N)cc1)CC(N)=O. The van der Waals surface area contributed by atoms with E-state index in [2.05, 4.69) is 19.9 Å². The molecule has 1 rings (SSSR count). The van der Waals surface area contributed by atoms with Crippen LogP contribution in [0.15, 0.2) is 24.3 Å². The summed E-state index contributed by atoms with van der Waals surface area (Å²) in [7, 11) is 0. The van der Waals surface area contributed by atoms with Crippen molar-refractivity contribution < 1.29 is 9.53 Å². The highest BCUT2D eigenvalue weighted by atomic mass is 16.5. The maximum absolute atomic E-state index is 11.0. The number of carbonyl (C=O) groups excluding carboxylic acids is 1. The van der Waals surface area contributed by atoms with Crippen molar-refractivity contribution in [3.8, 4) is 11.8 Å². The molecule has 0 saturated carbocycles. The van der Waals surface area contributed by atoms with Gasteiger partial charge >= 0.3 is 0 Å². The summed E-state index contributed by atoms with van der Waals surface area (Å²) in [5.74, 6) is 0.909. The van der Waals surface area contributed by atoms with Crippen molar-refractivity contribution in [2.24, 2.45) is 11.7 Å². The molecule has 0 fully saturated rings. The first-order valence-corrected chi connectivity index (χ1v) is 7.10. The lowest BCUT2D eigenvalue weighted by atomic mass is 10.2. The van der Waals surface area contributed by atoms with Crippen LogP contribution >= 0.6 is 0 Å². The molecule has 0 heterocycles. The molecule has 5 nitrogen and oxygen atoms in total. The Labute approximate surface area is 126 Å². The second-order valence-corrected chi connectivity index (χ2v) is 5.42. The summed E-state index contributed by atoms with van der Waals surface area (Å²) in [6.45, 7) is 6.42. The van der Waals surface area contributed by atoms with Crippen LogP contribution in [0.2, 0.25) is 0 Å². The zero-order valence-corrected chi connectivity index (χ0v) is 12.7. The van der Waals surface area contributed by atoms with Crippen molar-refractivity contribution in [2.45, 2.75) is 20.3 Å². The summed E-state index contributed by atoms with van der Waals surface area (Å²) < 4.78 is 5.66. The van der Waals surface area contributed by atoms with Gasteiger partial charge in [-0.05, 0) is 23.6 Å². The predicted octanol–water partition coefficient (Wildman–Crippen LogP) is 1.57. The third-order valence-electron chi connectivity index (χ3n) is 2.89. The van der Waals surface area contributed by atoms with Crippen molar-refractivity contribution in [1.82, 2.24) is 4.90 Å². The van der Waals surface area contributed by atoms with Crippen LogP contribution in [0.4, 0.5) is 0 Å². The number of carbonyl (C=O) groups is 1. The van der Waals surface area contributed by atoms with Crippen LogP contribution in [0.3, 0.4) is 0 Å². The zero-order chi connectivity index (χ0) is 15.7. The highest BCUT2D eigenvalue weighted by molar-refractivity contribution is 5.75. The Morgan fingerprint density at radius 2 is 2.05 bits per heavy atom. The van der Waals surface area contributed by atoms with Crippen LogP contribution in [0.25, 0.3) is 0 Å². The minimum atomic E-state index is -0.323. The van der Waals surface area contributed by atoms with E-state index in [0.29, 0.717) is 25.5 Å². The van der Waals surface area contributed by atoms with Crippen LogP contribution in [0.1, 0.15) is 19.4 Å². The van der Waals surface area contributed by atoms with Crippen LogP contribution in [-0.2, 0) is 11.2 Å². The minimum Gasteiger partial charge on any atom is -0.492 e. The second-order valence-electron chi connectivity index (χ2n) is 5.42. The van der Waals surface area contributed by atoms with Crippen LogP contribution < -0.4 is 10.5 Å². The van der Waals surface area contributed by atoms with Gasteiger partial charge in [0.15, 0.2) is 0 Å². The topological polar surface area (TPSA) is 79.3 Å². The van der Waals surface area contributed by atoms with E-state index in [1.165, 1.54) is 0 Å². The quantitative estimate of drug-likeness (QED) is 0.748. The van der Waals surface area contributed by atoms with E-state index < -0.39 is 0 Å². The number of ether oxygens (including phenoxy) is 1. The van der Waals surface area contributed by atoms with E-state index in [1.54, 1.807) is 0 Å². The minimum absolute atomic E-state index is 0.253. The second kappa shape index (κ2) is 8.98. The van der Waals surface area contributed by atoms with Gasteiger partial charge in [-0.25, -0.2) is 0 Å². The lowest BCUT2D eigenvalue weighted by Gasteiger charge is -2.22. The first kappa shape index (κ1) is 17.0. The Bertz CT molecular complexity index is 477. The molecule has 0 aromatic heterocycles. The summed E-state index contributed by atoms with van der Waals surface area (Å²) in [4.78, 5) is 13.0. The zero-order valence-electron chi connectivity index (χ0n) is 12.7. The molecule has 0 bridgehead atoms. The van der Waals surface area contributed by atoms with Crippen LogP contribution in [-0.4, -0.2) is 37.0 Å². The van der Waals surface area contributed by atoms with E-state index in [9.17, 15) is 4.79 Å². The fourth-order valence-electron chi connectivity index (χ4n) is 2.06. The molecule has 1 amide bonds. The molecule has 5 heteroatoms. The van der Waals surface area contributed by atoms with Gasteiger partial charge in [-0.3, -0.25) is 9.69 Å². The van der Waals surface area contributed by atoms with E-state index in [-0.39, 0.29) is 12.5 Å². The van der Waals surface area contributed by atoms with Gasteiger partial charge < -0.3 is 10.5 Å². The Balaban J connectivity index is 2.42. The monoisotopic (exact) mass is 289 g/mol. The molecule has 0 radical (unpaired) electrons. The molecule has 0 saturated heterocycles. The molecule has 0 atom stereocenters. The number of hydrogen-bond donors (Lipinski definition) is 1. The van der Waals surface area contributed by atoms with Gasteiger partial charge in [0.05, 0.1) is 19.0 Å². The van der Waals surface area contributed by atoms with E-state index in [4.69, 9.17) is 15.7 Å². The third kappa shape index (κ3) is 7.33. The van der Waals surface area contributed by atoms with Gasteiger partial charge in [0, 0.05) is 13.1 Å². The average Bonchev–Trinajstić information content (AvgIpc) is 2.39. The van der Waals surface area contributed by atoms with Gasteiger partial charge in [0.25, 0.3) is 0 Å². The largest absolute Gasteiger partial charge is 0.492 e. The Morgan fingerprint density at radius 3 is 2.57 bits per heavy atom. The summed E-state index contributed by atoms with van der Waals surface area (Å²) >= 11 is 0. The van der Waals surface area contributed by atoms with Gasteiger partial charge in [-0.15, -0.1) is 0 Å². The molecular formula is C16H23N3O2. The number of nitriles is 1. The number of nitrogens with two attached hydrogens (primary N) is 1. The lowest BCUT2D eigenvalue weighted by molar-refractivity contribution is -0.119. The number of amides is 1. The van der Waals surface area contributed by atoms with E-state index >= 15 is 0 Å². The Kier molecular flexibility index (Phi) is 7.27. The highest BCUT2D eigenvalue weighted by Crippen LogP contribution is 2.12. The molecule has 0 aliphatic rings. The van der Waals surface area contributed by atoms with Gasteiger partial charge in [-0.1, -0.05) is 26.0 Å². The van der Waals surface area contributed by atoms with Gasteiger partial charge in [-0.2, -0.15) is 5.26 Å². The van der Waals surface area contributed by atoms with Crippen molar-refractivity contribution in [2.75, 3.05) is 26.2 Å². The van der Waals surface area contributed by atoms with Crippen molar-refractivity contribution in [1.29, 1.82) is 5.26 Å². The molecular weight excluding hydrogens is 266 g/mol. The van der Waals surface area contributed by atoms with Gasteiger partial charge in [0.2, 0.25) is 5.91 Å².